The van der Waals surface area contributed by atoms with E-state index in [4.69, 9.17) is 10.1 Å². The summed E-state index contributed by atoms with van der Waals surface area (Å²) < 4.78 is 26.5. The Morgan fingerprint density at radius 2 is 1.94 bits per heavy atom. The Kier molecular flexibility index (Phi) is 17.1. The first-order chi connectivity index (χ1) is 16.2. The van der Waals surface area contributed by atoms with Crippen LogP contribution in [0.4, 0.5) is 20.3 Å². The number of nitrogens with zero attached hydrogens (tertiary/aromatic N) is 1. The fraction of sp³-hybridized carbons (Fsp3) is 0.385. The maximum Gasteiger partial charge on any atom is 2.00 e. The average Bonchev–Trinajstić information content (AvgIpc) is 2.78. The molecule has 9 heteroatoms. The van der Waals surface area contributed by atoms with Gasteiger partial charge in [-0.15, -0.1) is 19.1 Å². The van der Waals surface area contributed by atoms with Gasteiger partial charge in [0.05, 0.1) is 11.7 Å². The molecule has 1 aromatic carbocycles. The molecule has 1 heterocycles. The Balaban J connectivity index is 0.000000814. The number of hydrogen-bond donors (Lipinski definition) is 3. The zero-order valence-corrected chi connectivity index (χ0v) is 24.6. The Morgan fingerprint density at radius 1 is 1.34 bits per heavy atom. The summed E-state index contributed by atoms with van der Waals surface area (Å²) in [6.07, 6.45) is 4.62. The van der Waals surface area contributed by atoms with Crippen LogP contribution in [0, 0.1) is 49.0 Å². The largest absolute Gasteiger partial charge is 2.00 e. The van der Waals surface area contributed by atoms with E-state index in [0.29, 0.717) is 48.5 Å². The molecule has 3 rings (SSSR count). The van der Waals surface area contributed by atoms with E-state index in [0.717, 1.165) is 19.0 Å². The van der Waals surface area contributed by atoms with Crippen LogP contribution in [0.15, 0.2) is 49.2 Å². The van der Waals surface area contributed by atoms with Gasteiger partial charge in [-0.3, -0.25) is 4.79 Å². The number of pyridine rings is 1. The maximum atomic E-state index is 10.3. The van der Waals surface area contributed by atoms with Gasteiger partial charge in [0, 0.05) is 31.2 Å². The molecule has 1 fully saturated rings. The molecule has 188 valence electrons. The van der Waals surface area contributed by atoms with Crippen molar-refractivity contribution in [3.8, 4) is 5.75 Å². The van der Waals surface area contributed by atoms with Crippen molar-refractivity contribution in [3.63, 3.8) is 0 Å². The summed E-state index contributed by atoms with van der Waals surface area (Å²) in [7, 11) is 0. The number of aliphatic hydroxyl groups is 1. The minimum Gasteiger partial charge on any atom is -0.489 e. The van der Waals surface area contributed by atoms with E-state index >= 15 is 0 Å². The van der Waals surface area contributed by atoms with Gasteiger partial charge in [-0.25, -0.2) is 4.98 Å². The standard InChI is InChI=1S/C18H20N3O2.C6H10O.C2H3F2.U/c1-2-15(19)17-16(23-14-10-13(22)11-14)8-9-20-18(17)21-12-6-4-3-5-7-12;1-3-5-6(7)4-2;1-2(3)4;/h4-9,13-14,19,22H,2,10-11H2,1H3,(H,20,21);4H,2-3,5H2,1H3;1H3;/q-1;;-1;+2. The number of ketones is 1. The summed E-state index contributed by atoms with van der Waals surface area (Å²) in [6, 6.07) is 12.2. The van der Waals surface area contributed by atoms with E-state index in [1.54, 1.807) is 12.3 Å². The molecule has 1 aliphatic rings. The molecular formula is C26H33F2N3O3U. The predicted molar refractivity (Wildman–Crippen MR) is 131 cm³/mol. The fourth-order valence-electron chi connectivity index (χ4n) is 2.87. The maximum absolute atomic E-state index is 10.3. The summed E-state index contributed by atoms with van der Waals surface area (Å²) in [5.41, 5.74) is 2.04. The third kappa shape index (κ3) is 13.0. The molecule has 0 bridgehead atoms. The van der Waals surface area contributed by atoms with Gasteiger partial charge < -0.3 is 29.4 Å². The van der Waals surface area contributed by atoms with E-state index in [1.165, 1.54) is 6.08 Å². The number of rotatable bonds is 9. The Labute approximate surface area is 230 Å². The van der Waals surface area contributed by atoms with Crippen LogP contribution in [-0.2, 0) is 4.79 Å². The normalized spacial score (nSPS) is 15.6. The van der Waals surface area contributed by atoms with Crippen LogP contribution in [0.1, 0.15) is 58.4 Å². The van der Waals surface area contributed by atoms with Gasteiger partial charge in [0.2, 0.25) is 0 Å². The summed E-state index contributed by atoms with van der Waals surface area (Å²) in [5.74, 6) is 1.40. The Bertz CT molecular complexity index is 905. The van der Waals surface area contributed by atoms with Gasteiger partial charge in [-0.1, -0.05) is 26.1 Å². The molecule has 0 amide bonds. The molecule has 1 saturated carbocycles. The molecule has 35 heavy (non-hydrogen) atoms. The van der Waals surface area contributed by atoms with E-state index in [2.05, 4.69) is 22.9 Å². The Morgan fingerprint density at radius 3 is 2.40 bits per heavy atom. The van der Waals surface area contributed by atoms with Crippen molar-refractivity contribution >= 4 is 23.0 Å². The monoisotopic (exact) mass is 711 g/mol. The smallest absolute Gasteiger partial charge is 0.489 e. The second-order valence-corrected chi connectivity index (χ2v) is 7.51. The van der Waals surface area contributed by atoms with E-state index in [1.807, 2.05) is 38.1 Å². The number of ether oxygens (including phenoxy) is 1. The Hall–Kier alpha value is -2.08. The molecule has 1 aromatic heterocycles. The van der Waals surface area contributed by atoms with Crippen molar-refractivity contribution in [1.29, 1.82) is 5.41 Å². The topological polar surface area (TPSA) is 95.3 Å². The van der Waals surface area contributed by atoms with Crippen molar-refractivity contribution < 1.29 is 54.5 Å². The molecule has 3 N–H and O–H groups in total. The second kappa shape index (κ2) is 18.2. The van der Waals surface area contributed by atoms with Crippen molar-refractivity contribution in [3.05, 3.63) is 67.2 Å². The minimum atomic E-state index is -1.58. The molecular weight excluding hydrogens is 678 g/mol. The third-order valence-corrected chi connectivity index (χ3v) is 4.64. The van der Waals surface area contributed by atoms with Crippen molar-refractivity contribution in [2.75, 3.05) is 5.32 Å². The van der Waals surface area contributed by atoms with Crippen LogP contribution in [0.2, 0.25) is 0 Å². The number of aliphatic hydroxyl groups excluding tert-OH is 1. The minimum absolute atomic E-state index is 0. The van der Waals surface area contributed by atoms with E-state index in [-0.39, 0.29) is 49.1 Å². The van der Waals surface area contributed by atoms with Crippen molar-refractivity contribution in [2.24, 2.45) is 0 Å². The fourth-order valence-corrected chi connectivity index (χ4v) is 2.87. The van der Waals surface area contributed by atoms with Crippen molar-refractivity contribution in [1.82, 2.24) is 4.98 Å². The number of hydrogen-bond acceptors (Lipinski definition) is 6. The van der Waals surface area contributed by atoms with Crippen LogP contribution in [0.5, 0.6) is 5.75 Å². The first-order valence-electron chi connectivity index (χ1n) is 11.2. The molecule has 6 nitrogen and oxygen atoms in total. The quantitative estimate of drug-likeness (QED) is 0.162. The van der Waals surface area contributed by atoms with E-state index < -0.39 is 6.43 Å². The number of carbonyl (C=O) groups is 1. The van der Waals surface area contributed by atoms with Crippen LogP contribution in [0.3, 0.4) is 0 Å². The number of aromatic nitrogens is 1. The second-order valence-electron chi connectivity index (χ2n) is 7.51. The van der Waals surface area contributed by atoms with Gasteiger partial charge in [-0.05, 0) is 31.4 Å². The van der Waals surface area contributed by atoms with E-state index in [9.17, 15) is 18.7 Å². The molecule has 0 aliphatic heterocycles. The predicted octanol–water partition coefficient (Wildman–Crippen LogP) is 6.28. The van der Waals surface area contributed by atoms with Crippen LogP contribution >= 0.6 is 0 Å². The number of anilines is 2. The molecule has 0 radical (unpaired) electrons. The first-order valence-corrected chi connectivity index (χ1v) is 11.2. The van der Waals surface area contributed by atoms with Gasteiger partial charge in [0.15, 0.2) is 5.78 Å². The molecule has 0 spiro atoms. The molecule has 1 aliphatic carbocycles. The molecule has 0 unspecified atom stereocenters. The number of nitrogens with one attached hydrogen (secondary N) is 2. The molecule has 0 saturated heterocycles. The number of benzene rings is 1. The zero-order valence-electron chi connectivity index (χ0n) is 20.4. The molecule has 2 aromatic rings. The van der Waals surface area contributed by atoms with Crippen molar-refractivity contribution in [2.45, 2.75) is 65.1 Å². The van der Waals surface area contributed by atoms with Gasteiger partial charge in [-0.2, -0.15) is 18.2 Å². The van der Waals surface area contributed by atoms with Crippen LogP contribution in [-0.4, -0.2) is 33.8 Å². The van der Waals surface area contributed by atoms with Gasteiger partial charge in [0.25, 0.3) is 0 Å². The summed E-state index contributed by atoms with van der Waals surface area (Å²) in [5, 5.41) is 20.9. The van der Waals surface area contributed by atoms with Crippen LogP contribution in [0.25, 0.3) is 0 Å². The van der Waals surface area contributed by atoms with Gasteiger partial charge in [0.1, 0.15) is 17.7 Å². The SMILES string of the molecule is C=CC(=O)CCC.CCC(=N)c1c(OC2CC(O)C2)ccnc1Nc1cc[c-]cc1.C[C-](F)F.[U+2]. The summed E-state index contributed by atoms with van der Waals surface area (Å²) >= 11 is 0. The first kappa shape index (κ1) is 32.9. The van der Waals surface area contributed by atoms with Crippen LogP contribution < -0.4 is 10.1 Å². The zero-order chi connectivity index (χ0) is 25.5. The number of allylic oxidation sites excluding steroid dienone is 1. The average molecular weight is 712 g/mol. The number of carbonyl (C=O) groups excluding carboxylic acids is 1. The van der Waals surface area contributed by atoms with Gasteiger partial charge >= 0.3 is 31.1 Å². The third-order valence-electron chi connectivity index (χ3n) is 4.64. The molecule has 0 atom stereocenters. The summed E-state index contributed by atoms with van der Waals surface area (Å²) in [4.78, 5) is 14.7. The number of halogens is 2. The summed E-state index contributed by atoms with van der Waals surface area (Å²) in [6.45, 7) is 7.99.